The Morgan fingerprint density at radius 1 is 1.39 bits per heavy atom. The van der Waals surface area contributed by atoms with Crippen LogP contribution in [0.4, 0.5) is 0 Å². The van der Waals surface area contributed by atoms with Gasteiger partial charge in [-0.3, -0.25) is 4.79 Å². The van der Waals surface area contributed by atoms with Crippen molar-refractivity contribution >= 4 is 5.97 Å². The molecule has 0 atom stereocenters. The minimum atomic E-state index is -0.888. The van der Waals surface area contributed by atoms with Crippen molar-refractivity contribution in [1.82, 2.24) is 0 Å². The molecule has 1 saturated carbocycles. The van der Waals surface area contributed by atoms with Gasteiger partial charge in [-0.15, -0.1) is 0 Å². The second kappa shape index (κ2) is 4.19. The van der Waals surface area contributed by atoms with Gasteiger partial charge < -0.3 is 14.9 Å². The van der Waals surface area contributed by atoms with E-state index in [4.69, 9.17) is 4.74 Å². The zero-order valence-electron chi connectivity index (χ0n) is 10.9. The minimum absolute atomic E-state index is 0.0556. The molecule has 4 nitrogen and oxygen atoms in total. The van der Waals surface area contributed by atoms with E-state index in [0.717, 1.165) is 17.5 Å². The van der Waals surface area contributed by atoms with Crippen LogP contribution in [0.2, 0.25) is 0 Å². The fourth-order valence-electron chi connectivity index (χ4n) is 2.57. The summed E-state index contributed by atoms with van der Waals surface area (Å²) < 4.78 is 5.23. The lowest BCUT2D eigenvalue weighted by Crippen LogP contribution is -2.42. The molecule has 2 rings (SSSR count). The van der Waals surface area contributed by atoms with Gasteiger partial charge in [-0.1, -0.05) is 12.5 Å². The van der Waals surface area contributed by atoms with Crippen LogP contribution >= 0.6 is 0 Å². The second-order valence-corrected chi connectivity index (χ2v) is 4.99. The van der Waals surface area contributed by atoms with Crippen molar-refractivity contribution in [3.63, 3.8) is 0 Å². The number of carboxylic acid groups (broad SMARTS) is 1. The molecule has 1 aromatic rings. The monoisotopic (exact) mass is 250 g/mol. The highest BCUT2D eigenvalue weighted by Crippen LogP contribution is 2.50. The molecule has 0 aromatic heterocycles. The second-order valence-electron chi connectivity index (χ2n) is 4.99. The molecule has 1 aromatic carbocycles. The van der Waals surface area contributed by atoms with Crippen LogP contribution in [0, 0.1) is 13.8 Å². The summed E-state index contributed by atoms with van der Waals surface area (Å²) in [6.07, 6.45) is 2.09. The van der Waals surface area contributed by atoms with E-state index in [1.54, 1.807) is 6.92 Å². The highest BCUT2D eigenvalue weighted by Gasteiger charge is 2.48. The molecule has 0 saturated heterocycles. The number of aromatic hydroxyl groups is 1. The molecule has 0 bridgehead atoms. The molecule has 0 aliphatic heterocycles. The molecule has 0 unspecified atom stereocenters. The fourth-order valence-corrected chi connectivity index (χ4v) is 2.57. The Kier molecular flexibility index (Phi) is 2.97. The first-order chi connectivity index (χ1) is 8.44. The van der Waals surface area contributed by atoms with Crippen molar-refractivity contribution in [2.24, 2.45) is 0 Å². The predicted octanol–water partition coefficient (Wildman–Crippen LogP) is 2.52. The number of carbonyl (C=O) groups is 1. The summed E-state index contributed by atoms with van der Waals surface area (Å²) in [4.78, 5) is 11.5. The molecule has 18 heavy (non-hydrogen) atoms. The van der Waals surface area contributed by atoms with Crippen molar-refractivity contribution in [2.75, 3.05) is 7.11 Å². The SMILES string of the molecule is COc1c(C2(C(=O)O)CCC2)cc(C)c(C)c1O. The van der Waals surface area contributed by atoms with Crippen molar-refractivity contribution in [3.8, 4) is 11.5 Å². The molecule has 98 valence electrons. The van der Waals surface area contributed by atoms with Crippen molar-refractivity contribution in [3.05, 3.63) is 22.8 Å². The van der Waals surface area contributed by atoms with Crippen LogP contribution < -0.4 is 4.74 Å². The molecule has 2 N–H and O–H groups in total. The van der Waals surface area contributed by atoms with E-state index in [1.165, 1.54) is 7.11 Å². The van der Waals surface area contributed by atoms with Crippen molar-refractivity contribution in [2.45, 2.75) is 38.5 Å². The molecule has 4 heteroatoms. The lowest BCUT2D eigenvalue weighted by Gasteiger charge is -2.39. The Morgan fingerprint density at radius 2 is 2.00 bits per heavy atom. The molecular weight excluding hydrogens is 232 g/mol. The van der Waals surface area contributed by atoms with E-state index in [0.29, 0.717) is 24.2 Å². The normalized spacial score (nSPS) is 17.1. The molecule has 0 radical (unpaired) electrons. The van der Waals surface area contributed by atoms with Gasteiger partial charge in [0.05, 0.1) is 12.5 Å². The summed E-state index contributed by atoms with van der Waals surface area (Å²) in [7, 11) is 1.46. The lowest BCUT2D eigenvalue weighted by molar-refractivity contribution is -0.147. The summed E-state index contributed by atoms with van der Waals surface area (Å²) in [6.45, 7) is 3.66. The first-order valence-electron chi connectivity index (χ1n) is 6.05. The maximum absolute atomic E-state index is 11.5. The highest BCUT2D eigenvalue weighted by molar-refractivity contribution is 5.84. The molecule has 0 spiro atoms. The van der Waals surface area contributed by atoms with Crippen LogP contribution in [0.5, 0.6) is 11.5 Å². The van der Waals surface area contributed by atoms with E-state index in [2.05, 4.69) is 0 Å². The third kappa shape index (κ3) is 1.55. The van der Waals surface area contributed by atoms with Gasteiger partial charge in [0.1, 0.15) is 0 Å². The van der Waals surface area contributed by atoms with Gasteiger partial charge in [-0.25, -0.2) is 0 Å². The van der Waals surface area contributed by atoms with Crippen LogP contribution in [-0.2, 0) is 10.2 Å². The van der Waals surface area contributed by atoms with Crippen LogP contribution in [0.25, 0.3) is 0 Å². The summed E-state index contributed by atoms with van der Waals surface area (Å²) >= 11 is 0. The molecule has 1 fully saturated rings. The Bertz CT molecular complexity index is 501. The average Bonchev–Trinajstić information content (AvgIpc) is 2.24. The number of hydrogen-bond donors (Lipinski definition) is 2. The number of hydrogen-bond acceptors (Lipinski definition) is 3. The van der Waals surface area contributed by atoms with E-state index in [9.17, 15) is 15.0 Å². The Hall–Kier alpha value is -1.71. The summed E-state index contributed by atoms with van der Waals surface area (Å²) in [5, 5.41) is 19.6. The number of aliphatic carboxylic acids is 1. The smallest absolute Gasteiger partial charge is 0.314 e. The van der Waals surface area contributed by atoms with Gasteiger partial charge in [-0.2, -0.15) is 0 Å². The van der Waals surface area contributed by atoms with Gasteiger partial charge in [0.15, 0.2) is 11.5 Å². The lowest BCUT2D eigenvalue weighted by atomic mass is 9.64. The number of aryl methyl sites for hydroxylation is 1. The predicted molar refractivity (Wildman–Crippen MR) is 67.3 cm³/mol. The molecule has 0 amide bonds. The number of carboxylic acids is 1. The average molecular weight is 250 g/mol. The number of rotatable bonds is 3. The van der Waals surface area contributed by atoms with Gasteiger partial charge in [0.25, 0.3) is 0 Å². The van der Waals surface area contributed by atoms with E-state index in [-0.39, 0.29) is 5.75 Å². The first-order valence-corrected chi connectivity index (χ1v) is 6.05. The standard InChI is InChI=1S/C14H18O4/c1-8-7-10(12(18-3)11(15)9(8)2)14(13(16)17)5-4-6-14/h7,15H,4-6H2,1-3H3,(H,16,17). The maximum Gasteiger partial charge on any atom is 0.314 e. The van der Waals surface area contributed by atoms with E-state index < -0.39 is 11.4 Å². The summed E-state index contributed by atoms with van der Waals surface area (Å²) in [6, 6.07) is 1.83. The Morgan fingerprint density at radius 3 is 2.39 bits per heavy atom. The van der Waals surface area contributed by atoms with Gasteiger partial charge in [0, 0.05) is 5.56 Å². The minimum Gasteiger partial charge on any atom is -0.504 e. The Labute approximate surface area is 106 Å². The van der Waals surface area contributed by atoms with Crippen LogP contribution in [-0.4, -0.2) is 23.3 Å². The van der Waals surface area contributed by atoms with E-state index in [1.807, 2.05) is 13.0 Å². The van der Waals surface area contributed by atoms with Crippen LogP contribution in [0.1, 0.15) is 36.0 Å². The number of phenols is 1. The van der Waals surface area contributed by atoms with E-state index >= 15 is 0 Å². The highest BCUT2D eigenvalue weighted by atomic mass is 16.5. The van der Waals surface area contributed by atoms with Crippen LogP contribution in [0.15, 0.2) is 6.07 Å². The number of benzene rings is 1. The largest absolute Gasteiger partial charge is 0.504 e. The third-order valence-corrected chi connectivity index (χ3v) is 4.10. The van der Waals surface area contributed by atoms with Gasteiger partial charge >= 0.3 is 5.97 Å². The molecule has 1 aliphatic carbocycles. The van der Waals surface area contributed by atoms with Gasteiger partial charge in [-0.05, 0) is 37.8 Å². The van der Waals surface area contributed by atoms with Crippen LogP contribution in [0.3, 0.4) is 0 Å². The summed E-state index contributed by atoms with van der Waals surface area (Å²) in [5.74, 6) is -0.477. The number of methoxy groups -OCH3 is 1. The molecule has 0 heterocycles. The zero-order chi connectivity index (χ0) is 13.5. The maximum atomic E-state index is 11.5. The zero-order valence-corrected chi connectivity index (χ0v) is 10.9. The van der Waals surface area contributed by atoms with Crippen molar-refractivity contribution < 1.29 is 19.7 Å². The Balaban J connectivity index is 2.67. The summed E-state index contributed by atoms with van der Waals surface area (Å²) in [5.41, 5.74) is 1.33. The van der Waals surface area contributed by atoms with Crippen molar-refractivity contribution in [1.29, 1.82) is 0 Å². The molecule has 1 aliphatic rings. The number of phenolic OH excluding ortho intramolecular Hbond substituents is 1. The first kappa shape index (κ1) is 12.7. The topological polar surface area (TPSA) is 66.8 Å². The quantitative estimate of drug-likeness (QED) is 0.865. The number of ether oxygens (including phenoxy) is 1. The van der Waals surface area contributed by atoms with Gasteiger partial charge in [0.2, 0.25) is 0 Å². The molecular formula is C14H18O4. The third-order valence-electron chi connectivity index (χ3n) is 4.10. The fraction of sp³-hybridized carbons (Fsp3) is 0.500.